The molecule has 4 heterocycles. The van der Waals surface area contributed by atoms with E-state index in [1.807, 2.05) is 24.3 Å². The molecule has 0 atom stereocenters. The van der Waals surface area contributed by atoms with Gasteiger partial charge in [-0.25, -0.2) is 18.6 Å². The molecular weight excluding hydrogens is 560 g/mol. The summed E-state index contributed by atoms with van der Waals surface area (Å²) >= 11 is 0. The molecule has 216 valence electrons. The molecule has 4 N–H and O–H groups in total. The van der Waals surface area contributed by atoms with Crippen molar-refractivity contribution in [3.05, 3.63) is 95.5 Å². The van der Waals surface area contributed by atoms with Gasteiger partial charge in [-0.05, 0) is 30.3 Å². The van der Waals surface area contributed by atoms with Gasteiger partial charge < -0.3 is 24.7 Å². The molecule has 14 heteroatoms. The van der Waals surface area contributed by atoms with E-state index in [0.717, 1.165) is 35.5 Å². The van der Waals surface area contributed by atoms with Crippen molar-refractivity contribution in [3.63, 3.8) is 0 Å². The molecule has 0 aliphatic carbocycles. The number of aryl methyl sites for hydroxylation is 1. The first-order chi connectivity index (χ1) is 19.9. The van der Waals surface area contributed by atoms with E-state index in [0.29, 0.717) is 23.3 Å². The highest BCUT2D eigenvalue weighted by atomic mass is 19.3. The summed E-state index contributed by atoms with van der Waals surface area (Å²) in [7, 11) is 0. The van der Waals surface area contributed by atoms with Gasteiger partial charge in [0.2, 0.25) is 0 Å². The van der Waals surface area contributed by atoms with E-state index in [9.17, 15) is 22.4 Å². The molecule has 0 saturated carbocycles. The van der Waals surface area contributed by atoms with Gasteiger partial charge in [-0.3, -0.25) is 0 Å². The third-order valence-corrected chi connectivity index (χ3v) is 5.98. The van der Waals surface area contributed by atoms with Crippen molar-refractivity contribution < 1.29 is 36.3 Å². The normalized spacial score (nSPS) is 11.5. The summed E-state index contributed by atoms with van der Waals surface area (Å²) in [6.07, 6.45) is 1.59. The zero-order valence-corrected chi connectivity index (χ0v) is 22.0. The summed E-state index contributed by atoms with van der Waals surface area (Å²) < 4.78 is 62.7. The van der Waals surface area contributed by atoms with Crippen LogP contribution in [0.25, 0.3) is 33.5 Å². The summed E-state index contributed by atoms with van der Waals surface area (Å²) in [6, 6.07) is 13.1. The summed E-state index contributed by atoms with van der Waals surface area (Å²) in [4.78, 5) is 19.0. The van der Waals surface area contributed by atoms with Crippen LogP contribution in [0.2, 0.25) is 0 Å². The van der Waals surface area contributed by atoms with Crippen LogP contribution >= 0.6 is 0 Å². The van der Waals surface area contributed by atoms with Gasteiger partial charge in [0.25, 0.3) is 0 Å². The first-order valence-corrected chi connectivity index (χ1v) is 12.3. The summed E-state index contributed by atoms with van der Waals surface area (Å²) in [5, 5.41) is 18.4. The van der Waals surface area contributed by atoms with E-state index in [1.165, 1.54) is 23.9 Å². The van der Waals surface area contributed by atoms with Crippen LogP contribution in [0.1, 0.15) is 34.8 Å². The third-order valence-electron chi connectivity index (χ3n) is 5.98. The fraction of sp³-hybridized carbons (Fsp3) is 0.143. The highest BCUT2D eigenvalue weighted by Crippen LogP contribution is 2.33. The number of H-pyrrole nitrogens is 1. The van der Waals surface area contributed by atoms with Crippen LogP contribution in [-0.4, -0.2) is 36.0 Å². The highest BCUT2D eigenvalue weighted by molar-refractivity contribution is 6.00. The van der Waals surface area contributed by atoms with Gasteiger partial charge in [0.05, 0.1) is 11.8 Å². The number of fused-ring (bicyclic) bond motifs is 1. The number of aromatic nitrogens is 5. The number of para-hydroxylation sites is 1. The molecule has 2 aromatic carbocycles. The molecule has 42 heavy (non-hydrogen) atoms. The average molecular weight is 583 g/mol. The van der Waals surface area contributed by atoms with Crippen molar-refractivity contribution in [1.29, 1.82) is 0 Å². The molecule has 0 spiro atoms. The Labute approximate surface area is 234 Å². The molecule has 0 unspecified atom stereocenters. The summed E-state index contributed by atoms with van der Waals surface area (Å²) in [6.45, 7) is 2.39. The van der Waals surface area contributed by atoms with Crippen molar-refractivity contribution in [3.8, 4) is 22.6 Å². The van der Waals surface area contributed by atoms with Crippen molar-refractivity contribution in [2.45, 2.75) is 26.3 Å². The van der Waals surface area contributed by atoms with Crippen molar-refractivity contribution in [1.82, 2.24) is 25.0 Å². The lowest BCUT2D eigenvalue weighted by Crippen LogP contribution is -2.05. The van der Waals surface area contributed by atoms with Crippen molar-refractivity contribution in [2.75, 3.05) is 5.73 Å². The van der Waals surface area contributed by atoms with Crippen LogP contribution in [0.4, 0.5) is 23.4 Å². The van der Waals surface area contributed by atoms with Crippen molar-refractivity contribution >= 4 is 22.7 Å². The minimum absolute atomic E-state index is 0.000463. The van der Waals surface area contributed by atoms with E-state index >= 15 is 0 Å². The van der Waals surface area contributed by atoms with Gasteiger partial charge in [-0.2, -0.15) is 23.8 Å². The second kappa shape index (κ2) is 10.9. The number of carbonyl (C=O) groups is 1. The second-order valence-electron chi connectivity index (χ2n) is 9.25. The molecule has 4 aromatic heterocycles. The lowest BCUT2D eigenvalue weighted by molar-refractivity contribution is -0.00641. The molecule has 0 aliphatic heterocycles. The Morgan fingerprint density at radius 1 is 1.10 bits per heavy atom. The smallest absolute Gasteiger partial charge is 0.358 e. The third kappa shape index (κ3) is 5.87. The minimum Gasteiger partial charge on any atom is -0.476 e. The van der Waals surface area contributed by atoms with Gasteiger partial charge in [0, 0.05) is 36.4 Å². The van der Waals surface area contributed by atoms with E-state index in [-0.39, 0.29) is 35.2 Å². The maximum atomic E-state index is 13.2. The number of aromatic amines is 1. The number of oxazole rings is 1. The maximum Gasteiger partial charge on any atom is 0.358 e. The number of carboxylic acid groups (broad SMARTS) is 1. The highest BCUT2D eigenvalue weighted by Gasteiger charge is 2.28. The number of furan rings is 1. The zero-order chi connectivity index (χ0) is 30.2. The monoisotopic (exact) mass is 582 g/mol. The van der Waals surface area contributed by atoms with Crippen LogP contribution < -0.4 is 5.73 Å². The van der Waals surface area contributed by atoms with E-state index < -0.39 is 23.5 Å². The van der Waals surface area contributed by atoms with Crippen LogP contribution in [0.5, 0.6) is 0 Å². The predicted molar refractivity (Wildman–Crippen MR) is 143 cm³/mol. The fourth-order valence-electron chi connectivity index (χ4n) is 4.22. The first-order valence-electron chi connectivity index (χ1n) is 12.3. The molecule has 0 fully saturated rings. The molecule has 6 aromatic rings. The van der Waals surface area contributed by atoms with Crippen LogP contribution in [-0.2, 0) is 12.5 Å². The number of nitrogens with one attached hydrogen (secondary N) is 1. The predicted octanol–water partition coefficient (Wildman–Crippen LogP) is 6.39. The molecule has 0 amide bonds. The number of carboxylic acids is 1. The van der Waals surface area contributed by atoms with Gasteiger partial charge in [0.15, 0.2) is 23.1 Å². The number of rotatable bonds is 6. The Morgan fingerprint density at radius 3 is 2.48 bits per heavy atom. The quantitative estimate of drug-likeness (QED) is 0.191. The topological polar surface area (TPSA) is 149 Å². The Kier molecular flexibility index (Phi) is 7.29. The number of hydrogen-bond acceptors (Lipinski definition) is 7. The number of benzene rings is 2. The largest absolute Gasteiger partial charge is 0.476 e. The SMILES string of the molecule is CC(F)(F)c1ccc(Cn2ncc(-c3c(N)[nH]c4ccccc34)n2)o1.Cc1nc(C(=O)O)c(-c2cc(F)cc(F)c2)o1. The van der Waals surface area contributed by atoms with Crippen LogP contribution in [0, 0.1) is 18.6 Å². The molecular formula is C28H22F4N6O4. The number of nitrogens with zero attached hydrogens (tertiary/aromatic N) is 4. The molecule has 6 rings (SSSR count). The number of nitrogen functional groups attached to an aromatic ring is 1. The number of aromatic carboxylic acids is 1. The first kappa shape index (κ1) is 28.1. The molecule has 0 saturated heterocycles. The number of alkyl halides is 2. The Hall–Kier alpha value is -5.40. The average Bonchev–Trinajstić information content (AvgIpc) is 3.69. The molecule has 0 radical (unpaired) electrons. The lowest BCUT2D eigenvalue weighted by Gasteiger charge is -2.05. The van der Waals surface area contributed by atoms with E-state index in [4.69, 9.17) is 19.7 Å². The van der Waals surface area contributed by atoms with E-state index in [2.05, 4.69) is 20.2 Å². The summed E-state index contributed by atoms with van der Waals surface area (Å²) in [5.74, 6) is -5.53. The minimum atomic E-state index is -3.01. The van der Waals surface area contributed by atoms with Crippen LogP contribution in [0.3, 0.4) is 0 Å². The number of halogens is 4. The Balaban J connectivity index is 0.000000181. The van der Waals surface area contributed by atoms with Crippen LogP contribution in [0.15, 0.2) is 69.6 Å². The van der Waals surface area contributed by atoms with Crippen molar-refractivity contribution in [2.24, 2.45) is 0 Å². The molecule has 0 bridgehead atoms. The van der Waals surface area contributed by atoms with E-state index in [1.54, 1.807) is 6.20 Å². The Bertz CT molecular complexity index is 1880. The fourth-order valence-corrected chi connectivity index (χ4v) is 4.22. The van der Waals surface area contributed by atoms with Gasteiger partial charge in [-0.1, -0.05) is 18.2 Å². The maximum absolute atomic E-state index is 13.2. The van der Waals surface area contributed by atoms with Gasteiger partial charge in [-0.15, -0.1) is 0 Å². The standard InChI is InChI=1S/C17H15F2N5O.C11H7F2NO3/c1-17(18,19)14-7-6-10(25-14)9-24-21-8-13(23-24)15-11-4-2-3-5-12(11)22-16(15)20;1-5-14-9(11(15)16)10(17-5)6-2-7(12)4-8(13)3-6/h2-8,22H,9,20H2,1H3;2-4H,1H3,(H,15,16). The number of nitrogens with two attached hydrogens (primary N) is 1. The lowest BCUT2D eigenvalue weighted by atomic mass is 10.1. The van der Waals surface area contributed by atoms with Gasteiger partial charge >= 0.3 is 11.9 Å². The number of hydrogen-bond donors (Lipinski definition) is 3. The zero-order valence-electron chi connectivity index (χ0n) is 22.0. The Morgan fingerprint density at radius 2 is 1.81 bits per heavy atom. The number of anilines is 1. The summed E-state index contributed by atoms with van der Waals surface area (Å²) in [5.41, 5.74) is 7.97. The molecule has 0 aliphatic rings. The van der Waals surface area contributed by atoms with Gasteiger partial charge in [0.1, 0.15) is 35.5 Å². The second-order valence-corrected chi connectivity index (χ2v) is 9.25. The molecule has 10 nitrogen and oxygen atoms in total.